The van der Waals surface area contributed by atoms with Crippen LogP contribution in [0.15, 0.2) is 60.7 Å². The fourth-order valence-corrected chi connectivity index (χ4v) is 4.42. The average Bonchev–Trinajstić information content (AvgIpc) is 3.13. The van der Waals surface area contributed by atoms with E-state index >= 15 is 0 Å². The Balaban J connectivity index is 1.58. The minimum atomic E-state index is -0.866. The first-order valence-electron chi connectivity index (χ1n) is 9.99. The normalized spacial score (nSPS) is 15.6. The van der Waals surface area contributed by atoms with E-state index in [1.807, 2.05) is 12.1 Å². The van der Waals surface area contributed by atoms with Crippen molar-refractivity contribution in [1.82, 2.24) is 9.88 Å². The smallest absolute Gasteiger partial charge is 0.322 e. The average molecular weight is 456 g/mol. The van der Waals surface area contributed by atoms with Gasteiger partial charge in [0.2, 0.25) is 0 Å². The summed E-state index contributed by atoms with van der Waals surface area (Å²) >= 11 is 6.19. The number of benzene rings is 3. The van der Waals surface area contributed by atoms with Crippen molar-refractivity contribution in [1.29, 1.82) is 0 Å². The first-order valence-corrected chi connectivity index (χ1v) is 10.4. The number of rotatable bonds is 2. The molecule has 1 unspecified atom stereocenters. The number of nitrogens with one attached hydrogen (secondary N) is 2. The van der Waals surface area contributed by atoms with Crippen LogP contribution in [0.4, 0.5) is 23.7 Å². The molecule has 0 fully saturated rings. The maximum absolute atomic E-state index is 14.1. The number of nitrogens with zero attached hydrogens (tertiary/aromatic N) is 1. The van der Waals surface area contributed by atoms with Gasteiger partial charge in [-0.1, -0.05) is 23.7 Å². The summed E-state index contributed by atoms with van der Waals surface area (Å²) in [6, 6.07) is 13.3. The van der Waals surface area contributed by atoms with Crippen LogP contribution in [-0.4, -0.2) is 22.5 Å². The molecule has 0 aliphatic carbocycles. The molecule has 0 saturated heterocycles. The molecule has 0 radical (unpaired) electrons. The number of urea groups is 1. The summed E-state index contributed by atoms with van der Waals surface area (Å²) in [6.07, 6.45) is 0.548. The van der Waals surface area contributed by atoms with Gasteiger partial charge in [-0.15, -0.1) is 0 Å². The number of hydrogen-bond donors (Lipinski definition) is 2. The lowest BCUT2D eigenvalue weighted by atomic mass is 9.92. The molecule has 0 spiro atoms. The van der Waals surface area contributed by atoms with Gasteiger partial charge in [0.1, 0.15) is 17.5 Å². The van der Waals surface area contributed by atoms with E-state index in [0.29, 0.717) is 29.6 Å². The summed E-state index contributed by atoms with van der Waals surface area (Å²) in [7, 11) is 0. The van der Waals surface area contributed by atoms with E-state index in [-0.39, 0.29) is 5.69 Å². The SMILES string of the molecule is O=C(Nc1ccc(F)cc1F)N1CCc2c([nH]c3ccc(Cl)cc23)C1c1ccc(F)cc1. The maximum atomic E-state index is 14.1. The van der Waals surface area contributed by atoms with E-state index < -0.39 is 29.5 Å². The van der Waals surface area contributed by atoms with E-state index in [0.717, 1.165) is 28.2 Å². The van der Waals surface area contributed by atoms with Gasteiger partial charge in [0, 0.05) is 34.2 Å². The van der Waals surface area contributed by atoms with Gasteiger partial charge in [-0.25, -0.2) is 18.0 Å². The molecule has 8 heteroatoms. The highest BCUT2D eigenvalue weighted by molar-refractivity contribution is 6.31. The number of hydrogen-bond acceptors (Lipinski definition) is 1. The second-order valence-corrected chi connectivity index (χ2v) is 8.10. The number of anilines is 1. The third-order valence-corrected chi connectivity index (χ3v) is 5.94. The Morgan fingerprint density at radius 2 is 1.75 bits per heavy atom. The molecule has 0 bridgehead atoms. The van der Waals surface area contributed by atoms with Gasteiger partial charge in [0.15, 0.2) is 0 Å². The molecule has 2 N–H and O–H groups in total. The zero-order valence-corrected chi connectivity index (χ0v) is 17.4. The fourth-order valence-electron chi connectivity index (χ4n) is 4.25. The lowest BCUT2D eigenvalue weighted by Crippen LogP contribution is -2.43. The van der Waals surface area contributed by atoms with Crippen molar-refractivity contribution in [3.8, 4) is 0 Å². The van der Waals surface area contributed by atoms with Crippen LogP contribution in [0.1, 0.15) is 22.9 Å². The Bertz CT molecular complexity index is 1340. The fraction of sp³-hybridized carbons (Fsp3) is 0.125. The van der Waals surface area contributed by atoms with Gasteiger partial charge in [0.25, 0.3) is 0 Å². The molecule has 1 atom stereocenters. The summed E-state index contributed by atoms with van der Waals surface area (Å²) in [5.41, 5.74) is 3.25. The van der Waals surface area contributed by atoms with Crippen molar-refractivity contribution in [2.75, 3.05) is 11.9 Å². The van der Waals surface area contributed by atoms with Crippen molar-refractivity contribution < 1.29 is 18.0 Å². The molecule has 2 heterocycles. The van der Waals surface area contributed by atoms with Crippen molar-refractivity contribution in [2.24, 2.45) is 0 Å². The number of aromatic amines is 1. The zero-order chi connectivity index (χ0) is 22.4. The summed E-state index contributed by atoms with van der Waals surface area (Å²) in [5, 5.41) is 4.09. The molecule has 1 aromatic heterocycles. The van der Waals surface area contributed by atoms with Gasteiger partial charge in [-0.2, -0.15) is 0 Å². The van der Waals surface area contributed by atoms with Crippen molar-refractivity contribution in [3.63, 3.8) is 0 Å². The lowest BCUT2D eigenvalue weighted by Gasteiger charge is -2.36. The van der Waals surface area contributed by atoms with E-state index in [4.69, 9.17) is 11.6 Å². The molecule has 162 valence electrons. The van der Waals surface area contributed by atoms with E-state index in [1.54, 1.807) is 23.1 Å². The first kappa shape index (κ1) is 20.5. The predicted molar refractivity (Wildman–Crippen MR) is 117 cm³/mol. The van der Waals surface area contributed by atoms with Gasteiger partial charge in [-0.3, -0.25) is 0 Å². The van der Waals surface area contributed by atoms with Crippen LogP contribution in [0.25, 0.3) is 10.9 Å². The number of amides is 2. The van der Waals surface area contributed by atoms with Crippen molar-refractivity contribution in [3.05, 3.63) is 100.0 Å². The molecular weight excluding hydrogens is 439 g/mol. The number of carbonyl (C=O) groups is 1. The number of fused-ring (bicyclic) bond motifs is 3. The van der Waals surface area contributed by atoms with Gasteiger partial charge >= 0.3 is 6.03 Å². The van der Waals surface area contributed by atoms with Crippen molar-refractivity contribution in [2.45, 2.75) is 12.5 Å². The summed E-state index contributed by atoms with van der Waals surface area (Å²) in [6.45, 7) is 0.336. The second-order valence-electron chi connectivity index (χ2n) is 7.66. The largest absolute Gasteiger partial charge is 0.356 e. The molecule has 32 heavy (non-hydrogen) atoms. The number of halogens is 4. The van der Waals surface area contributed by atoms with Crippen molar-refractivity contribution >= 4 is 34.2 Å². The minimum absolute atomic E-state index is 0.122. The molecule has 0 saturated carbocycles. The Morgan fingerprint density at radius 3 is 2.50 bits per heavy atom. The first-order chi connectivity index (χ1) is 15.4. The monoisotopic (exact) mass is 455 g/mol. The molecule has 1 aliphatic rings. The summed E-state index contributed by atoms with van der Waals surface area (Å²) < 4.78 is 41.0. The highest BCUT2D eigenvalue weighted by atomic mass is 35.5. The van der Waals surface area contributed by atoms with Crippen LogP contribution in [-0.2, 0) is 6.42 Å². The highest BCUT2D eigenvalue weighted by Crippen LogP contribution is 2.39. The standard InChI is InChI=1S/C24H17ClF3N3O/c25-14-3-7-20-18(11-14)17-9-10-31(24(32)30-21-8-6-16(27)12-19(21)28)23(22(17)29-20)13-1-4-15(26)5-2-13/h1-8,11-12,23,29H,9-10H2,(H,30,32). The molecule has 4 nitrogen and oxygen atoms in total. The molecule has 1 aliphatic heterocycles. The molecule has 2 amide bonds. The zero-order valence-electron chi connectivity index (χ0n) is 16.6. The maximum Gasteiger partial charge on any atom is 0.322 e. The number of carbonyl (C=O) groups excluding carboxylic acids is 1. The lowest BCUT2D eigenvalue weighted by molar-refractivity contribution is 0.193. The molecular formula is C24H17ClF3N3O. The third kappa shape index (κ3) is 3.58. The summed E-state index contributed by atoms with van der Waals surface area (Å²) in [5.74, 6) is -1.99. The van der Waals surface area contributed by atoms with Crippen LogP contribution in [0, 0.1) is 17.5 Å². The Hall–Kier alpha value is -3.45. The van der Waals surface area contributed by atoms with Crippen LogP contribution < -0.4 is 5.32 Å². The van der Waals surface area contributed by atoms with E-state index in [2.05, 4.69) is 10.3 Å². The highest BCUT2D eigenvalue weighted by Gasteiger charge is 2.35. The third-order valence-electron chi connectivity index (χ3n) is 5.71. The van der Waals surface area contributed by atoms with Crippen LogP contribution in [0.2, 0.25) is 5.02 Å². The van der Waals surface area contributed by atoms with E-state index in [1.165, 1.54) is 18.2 Å². The Labute approximate surface area is 186 Å². The Kier molecular flexibility index (Phi) is 5.06. The van der Waals surface area contributed by atoms with Crippen LogP contribution >= 0.6 is 11.6 Å². The van der Waals surface area contributed by atoms with Crippen LogP contribution in [0.5, 0.6) is 0 Å². The van der Waals surface area contributed by atoms with Gasteiger partial charge in [-0.05, 0) is 60.0 Å². The van der Waals surface area contributed by atoms with E-state index in [9.17, 15) is 18.0 Å². The van der Waals surface area contributed by atoms with Gasteiger partial charge < -0.3 is 15.2 Å². The minimum Gasteiger partial charge on any atom is -0.356 e. The topological polar surface area (TPSA) is 48.1 Å². The molecule has 3 aromatic carbocycles. The number of H-pyrrole nitrogens is 1. The molecule has 5 rings (SSSR count). The van der Waals surface area contributed by atoms with Crippen LogP contribution in [0.3, 0.4) is 0 Å². The second kappa shape index (κ2) is 7.91. The van der Waals surface area contributed by atoms with Gasteiger partial charge in [0.05, 0.1) is 11.7 Å². The predicted octanol–water partition coefficient (Wildman–Crippen LogP) is 6.42. The molecule has 4 aromatic rings. The quantitative estimate of drug-likeness (QED) is 0.360. The Morgan fingerprint density at radius 1 is 1.00 bits per heavy atom. The summed E-state index contributed by atoms with van der Waals surface area (Å²) in [4.78, 5) is 18.1. The number of aromatic nitrogens is 1.